The molecule has 0 aromatic heterocycles. The molecule has 45 heavy (non-hydrogen) atoms. The summed E-state index contributed by atoms with van der Waals surface area (Å²) in [5.41, 5.74) is 6.02. The molecular formula is C34H36N4O6S. The summed E-state index contributed by atoms with van der Waals surface area (Å²) in [4.78, 5) is 25.2. The van der Waals surface area contributed by atoms with Crippen molar-refractivity contribution in [3.8, 4) is 11.5 Å². The van der Waals surface area contributed by atoms with Crippen LogP contribution in [0.15, 0.2) is 107 Å². The zero-order valence-corrected chi connectivity index (χ0v) is 26.4. The molecule has 4 aromatic carbocycles. The fourth-order valence-electron chi connectivity index (χ4n) is 4.19. The van der Waals surface area contributed by atoms with Gasteiger partial charge in [-0.15, -0.1) is 0 Å². The molecule has 2 N–H and O–H groups in total. The first kappa shape index (κ1) is 32.7. The van der Waals surface area contributed by atoms with E-state index in [2.05, 4.69) is 15.8 Å². The summed E-state index contributed by atoms with van der Waals surface area (Å²) in [6.07, 6.45) is 1.42. The molecule has 0 heterocycles. The molecule has 0 atom stereocenters. The van der Waals surface area contributed by atoms with Crippen molar-refractivity contribution >= 4 is 39.4 Å². The van der Waals surface area contributed by atoms with Gasteiger partial charge >= 0.3 is 0 Å². The lowest BCUT2D eigenvalue weighted by molar-refractivity contribution is -0.119. The molecule has 0 saturated heterocycles. The van der Waals surface area contributed by atoms with Crippen molar-refractivity contribution in [2.24, 2.45) is 5.10 Å². The van der Waals surface area contributed by atoms with Gasteiger partial charge in [0.1, 0.15) is 18.0 Å². The van der Waals surface area contributed by atoms with E-state index in [4.69, 9.17) is 9.47 Å². The van der Waals surface area contributed by atoms with Crippen LogP contribution in [0.3, 0.4) is 0 Å². The Balaban J connectivity index is 1.35. The molecule has 4 rings (SSSR count). The van der Waals surface area contributed by atoms with Gasteiger partial charge in [0.2, 0.25) is 0 Å². The van der Waals surface area contributed by atoms with Gasteiger partial charge in [0.15, 0.2) is 6.61 Å². The molecule has 0 aliphatic rings. The van der Waals surface area contributed by atoms with Gasteiger partial charge in [-0.3, -0.25) is 13.9 Å². The van der Waals surface area contributed by atoms with Crippen LogP contribution in [0.4, 0.5) is 11.4 Å². The summed E-state index contributed by atoms with van der Waals surface area (Å²) in [5, 5.41) is 6.74. The number of anilines is 2. The molecule has 4 aromatic rings. The number of carbonyl (C=O) groups excluding carboxylic acids is 2. The van der Waals surface area contributed by atoms with Crippen LogP contribution < -0.4 is 24.5 Å². The van der Waals surface area contributed by atoms with Gasteiger partial charge in [0.05, 0.1) is 23.9 Å². The quantitative estimate of drug-likeness (QED) is 0.149. The number of methoxy groups -OCH3 is 1. The highest BCUT2D eigenvalue weighted by Crippen LogP contribution is 2.26. The lowest BCUT2D eigenvalue weighted by Crippen LogP contribution is -2.39. The molecule has 2 amide bonds. The maximum absolute atomic E-state index is 13.6. The zero-order chi connectivity index (χ0) is 32.4. The smallest absolute Gasteiger partial charge is 0.264 e. The number of amides is 2. The average Bonchev–Trinajstić information content (AvgIpc) is 3.04. The molecule has 0 saturated carbocycles. The summed E-state index contributed by atoms with van der Waals surface area (Å²) in [7, 11) is -2.47. The van der Waals surface area contributed by atoms with E-state index < -0.39 is 22.5 Å². The Labute approximate surface area is 263 Å². The Morgan fingerprint density at radius 1 is 0.844 bits per heavy atom. The third-order valence-electron chi connectivity index (χ3n) is 6.77. The van der Waals surface area contributed by atoms with E-state index in [1.807, 2.05) is 32.9 Å². The highest BCUT2D eigenvalue weighted by molar-refractivity contribution is 7.92. The van der Waals surface area contributed by atoms with Crippen LogP contribution in [-0.4, -0.2) is 46.7 Å². The monoisotopic (exact) mass is 628 g/mol. The van der Waals surface area contributed by atoms with E-state index in [1.54, 1.807) is 79.9 Å². The number of hydrazone groups is 1. The third-order valence-corrected chi connectivity index (χ3v) is 8.56. The van der Waals surface area contributed by atoms with Crippen molar-refractivity contribution < 1.29 is 27.5 Å². The van der Waals surface area contributed by atoms with E-state index in [0.717, 1.165) is 15.4 Å². The Bertz CT molecular complexity index is 1720. The largest absolute Gasteiger partial charge is 0.497 e. The maximum atomic E-state index is 13.6. The lowest BCUT2D eigenvalue weighted by Gasteiger charge is -2.24. The Morgan fingerprint density at radius 3 is 2.07 bits per heavy atom. The molecule has 10 nitrogen and oxygen atoms in total. The average molecular weight is 629 g/mol. The predicted octanol–water partition coefficient (Wildman–Crippen LogP) is 5.49. The molecule has 0 aliphatic carbocycles. The summed E-state index contributed by atoms with van der Waals surface area (Å²) >= 11 is 0. The minimum absolute atomic E-state index is 0.0814. The van der Waals surface area contributed by atoms with Gasteiger partial charge in [-0.05, 0) is 96.8 Å². The molecular weight excluding hydrogens is 592 g/mol. The second-order valence-electron chi connectivity index (χ2n) is 10.5. The van der Waals surface area contributed by atoms with E-state index >= 15 is 0 Å². The number of nitrogens with zero attached hydrogens (tertiary/aromatic N) is 2. The second kappa shape index (κ2) is 15.0. The maximum Gasteiger partial charge on any atom is 0.264 e. The normalized spacial score (nSPS) is 11.3. The minimum atomic E-state index is -4.04. The lowest BCUT2D eigenvalue weighted by atomic mass is 10.0. The zero-order valence-electron chi connectivity index (χ0n) is 25.6. The number of nitrogens with one attached hydrogen (secondary N) is 2. The Kier molecular flexibility index (Phi) is 10.9. The first-order valence-electron chi connectivity index (χ1n) is 14.2. The molecule has 0 spiro atoms. The van der Waals surface area contributed by atoms with E-state index in [1.165, 1.54) is 18.3 Å². The number of benzene rings is 4. The number of hydrogen-bond acceptors (Lipinski definition) is 7. The fourth-order valence-corrected chi connectivity index (χ4v) is 5.61. The Hall–Kier alpha value is -5.16. The highest BCUT2D eigenvalue weighted by atomic mass is 32.2. The van der Waals surface area contributed by atoms with Crippen LogP contribution in [0.2, 0.25) is 0 Å². The SMILES string of the molecule is COc1ccc(NC(=O)COc2ccc(/C=N\NC(=O)CN(c3ccc(C(C)C)cc3)S(=O)(=O)c3ccc(C)cc3)cc2)cc1. The minimum Gasteiger partial charge on any atom is -0.497 e. The van der Waals surface area contributed by atoms with Crippen LogP contribution in [-0.2, 0) is 19.6 Å². The number of aryl methyl sites for hydroxylation is 1. The molecule has 0 bridgehead atoms. The topological polar surface area (TPSA) is 126 Å². The highest BCUT2D eigenvalue weighted by Gasteiger charge is 2.27. The van der Waals surface area contributed by atoms with Crippen LogP contribution in [0.25, 0.3) is 0 Å². The van der Waals surface area contributed by atoms with Crippen molar-refractivity contribution in [3.05, 3.63) is 114 Å². The van der Waals surface area contributed by atoms with Crippen molar-refractivity contribution in [2.75, 3.05) is 29.9 Å². The molecule has 234 valence electrons. The van der Waals surface area contributed by atoms with Crippen LogP contribution in [0.1, 0.15) is 36.5 Å². The van der Waals surface area contributed by atoms with Gasteiger partial charge < -0.3 is 14.8 Å². The van der Waals surface area contributed by atoms with Crippen molar-refractivity contribution in [1.82, 2.24) is 5.43 Å². The predicted molar refractivity (Wildman–Crippen MR) is 176 cm³/mol. The number of rotatable bonds is 13. The standard InChI is InChI=1S/C34H36N4O6S/c1-24(2)27-9-13-29(14-10-27)38(45(41,42)32-19-5-25(3)6-20-32)22-33(39)37-35-21-26-7-15-31(16-8-26)44-23-34(40)36-28-11-17-30(43-4)18-12-28/h5-21,24H,22-23H2,1-4H3,(H,36,40)(H,37,39)/b35-21-. The molecule has 0 unspecified atom stereocenters. The van der Waals surface area contributed by atoms with Crippen LogP contribution >= 0.6 is 0 Å². The molecule has 0 aliphatic heterocycles. The third kappa shape index (κ3) is 9.16. The van der Waals surface area contributed by atoms with Crippen molar-refractivity contribution in [1.29, 1.82) is 0 Å². The molecule has 11 heteroatoms. The van der Waals surface area contributed by atoms with Gasteiger partial charge in [0.25, 0.3) is 21.8 Å². The fraction of sp³-hybridized carbons (Fsp3) is 0.206. The van der Waals surface area contributed by atoms with Crippen molar-refractivity contribution in [2.45, 2.75) is 31.6 Å². The summed E-state index contributed by atoms with van der Waals surface area (Å²) in [6.45, 7) is 5.31. The van der Waals surface area contributed by atoms with Crippen molar-refractivity contribution in [3.63, 3.8) is 0 Å². The first-order valence-corrected chi connectivity index (χ1v) is 15.7. The number of carbonyl (C=O) groups is 2. The van der Waals surface area contributed by atoms with Gasteiger partial charge in [-0.25, -0.2) is 13.8 Å². The summed E-state index contributed by atoms with van der Waals surface area (Å²) < 4.78 is 38.9. The number of sulfonamides is 1. The second-order valence-corrected chi connectivity index (χ2v) is 12.4. The van der Waals surface area contributed by atoms with Crippen LogP contribution in [0, 0.1) is 6.92 Å². The van der Waals surface area contributed by atoms with Gasteiger partial charge in [-0.2, -0.15) is 5.10 Å². The number of ether oxygens (including phenoxy) is 2. The van der Waals surface area contributed by atoms with E-state index in [9.17, 15) is 18.0 Å². The Morgan fingerprint density at radius 2 is 1.47 bits per heavy atom. The summed E-state index contributed by atoms with van der Waals surface area (Å²) in [6, 6.07) is 27.3. The van der Waals surface area contributed by atoms with Gasteiger partial charge in [-0.1, -0.05) is 43.7 Å². The van der Waals surface area contributed by atoms with Gasteiger partial charge in [0, 0.05) is 5.69 Å². The molecule has 0 radical (unpaired) electrons. The van der Waals surface area contributed by atoms with Crippen LogP contribution in [0.5, 0.6) is 11.5 Å². The first-order chi connectivity index (χ1) is 21.5. The summed E-state index contributed by atoms with van der Waals surface area (Å²) in [5.74, 6) is 0.499. The van der Waals surface area contributed by atoms with E-state index in [0.29, 0.717) is 28.4 Å². The number of hydrogen-bond donors (Lipinski definition) is 2. The molecule has 0 fully saturated rings. The van der Waals surface area contributed by atoms with E-state index in [-0.39, 0.29) is 23.3 Å².